The smallest absolute Gasteiger partial charge is 0.115 e. The van der Waals surface area contributed by atoms with Crippen molar-refractivity contribution in [2.45, 2.75) is 77.0 Å². The molecule has 1 aromatic carbocycles. The molecule has 2 aliphatic carbocycles. The maximum absolute atomic E-state index is 9.43. The summed E-state index contributed by atoms with van der Waals surface area (Å²) in [6.45, 7) is 2.33. The summed E-state index contributed by atoms with van der Waals surface area (Å²) in [5, 5.41) is 9.43. The van der Waals surface area contributed by atoms with Gasteiger partial charge in [-0.05, 0) is 79.9 Å². The molecule has 0 bridgehead atoms. The molecule has 22 heavy (non-hydrogen) atoms. The van der Waals surface area contributed by atoms with Crippen LogP contribution >= 0.6 is 0 Å². The molecule has 1 heteroatoms. The zero-order valence-electron chi connectivity index (χ0n) is 14.1. The van der Waals surface area contributed by atoms with E-state index in [1.165, 1.54) is 69.8 Å². The van der Waals surface area contributed by atoms with Gasteiger partial charge in [-0.15, -0.1) is 0 Å². The highest BCUT2D eigenvalue weighted by Crippen LogP contribution is 2.44. The molecule has 0 unspecified atom stereocenters. The molecule has 0 spiro atoms. The summed E-state index contributed by atoms with van der Waals surface area (Å²) < 4.78 is 0. The van der Waals surface area contributed by atoms with E-state index in [1.54, 1.807) is 0 Å². The summed E-state index contributed by atoms with van der Waals surface area (Å²) in [6, 6.07) is 7.93. The maximum atomic E-state index is 9.43. The summed E-state index contributed by atoms with van der Waals surface area (Å²) in [4.78, 5) is 0. The van der Waals surface area contributed by atoms with Crippen molar-refractivity contribution in [3.63, 3.8) is 0 Å². The Morgan fingerprint density at radius 3 is 1.91 bits per heavy atom. The summed E-state index contributed by atoms with van der Waals surface area (Å²) in [5.41, 5.74) is 1.43. The quantitative estimate of drug-likeness (QED) is 0.694. The second-order valence-electron chi connectivity index (χ2n) is 7.77. The molecule has 0 aliphatic heterocycles. The minimum absolute atomic E-state index is 0.390. The normalized spacial score (nSPS) is 32.8. The van der Waals surface area contributed by atoms with Crippen LogP contribution < -0.4 is 0 Å². The Morgan fingerprint density at radius 1 is 0.818 bits per heavy atom. The van der Waals surface area contributed by atoms with Crippen LogP contribution in [0.5, 0.6) is 5.75 Å². The third kappa shape index (κ3) is 3.86. The molecule has 0 heterocycles. The molecular formula is C21H32O. The van der Waals surface area contributed by atoms with Gasteiger partial charge in [-0.2, -0.15) is 0 Å². The van der Waals surface area contributed by atoms with Crippen LogP contribution in [0, 0.1) is 17.8 Å². The third-order valence-corrected chi connectivity index (χ3v) is 6.39. The molecule has 0 atom stereocenters. The van der Waals surface area contributed by atoms with Crippen molar-refractivity contribution in [1.29, 1.82) is 0 Å². The SMILES string of the molecule is CCC[C@H]1CC[C@H]([C@H]2CC[C@H](c3ccc(O)cc3)CC2)CC1. The van der Waals surface area contributed by atoms with Crippen molar-refractivity contribution in [3.8, 4) is 5.75 Å². The molecule has 0 aromatic heterocycles. The molecule has 1 aromatic rings. The number of hydrogen-bond acceptors (Lipinski definition) is 1. The van der Waals surface area contributed by atoms with Gasteiger partial charge in [0.1, 0.15) is 5.75 Å². The van der Waals surface area contributed by atoms with E-state index < -0.39 is 0 Å². The zero-order valence-corrected chi connectivity index (χ0v) is 14.1. The second-order valence-corrected chi connectivity index (χ2v) is 7.77. The first-order chi connectivity index (χ1) is 10.8. The number of hydrogen-bond donors (Lipinski definition) is 1. The van der Waals surface area contributed by atoms with E-state index in [-0.39, 0.29) is 0 Å². The molecule has 2 saturated carbocycles. The predicted octanol–water partition coefficient (Wildman–Crippen LogP) is 6.27. The van der Waals surface area contributed by atoms with E-state index in [0.29, 0.717) is 5.75 Å². The molecule has 0 radical (unpaired) electrons. The number of phenols is 1. The molecule has 2 aliphatic rings. The fourth-order valence-electron chi connectivity index (χ4n) is 5.03. The summed E-state index contributed by atoms with van der Waals surface area (Å²) in [6.07, 6.45) is 14.4. The van der Waals surface area contributed by atoms with Crippen LogP contribution in [0.4, 0.5) is 0 Å². The first-order valence-electron chi connectivity index (χ1n) is 9.55. The van der Waals surface area contributed by atoms with Crippen LogP contribution in [0.15, 0.2) is 24.3 Å². The summed E-state index contributed by atoms with van der Waals surface area (Å²) in [7, 11) is 0. The highest BCUT2D eigenvalue weighted by molar-refractivity contribution is 5.28. The van der Waals surface area contributed by atoms with Crippen molar-refractivity contribution < 1.29 is 5.11 Å². The monoisotopic (exact) mass is 300 g/mol. The van der Waals surface area contributed by atoms with Gasteiger partial charge < -0.3 is 5.11 Å². The van der Waals surface area contributed by atoms with Crippen LogP contribution in [0.2, 0.25) is 0 Å². The Kier molecular flexibility index (Phi) is 5.44. The average molecular weight is 300 g/mol. The molecule has 0 saturated heterocycles. The summed E-state index contributed by atoms with van der Waals surface area (Å²) in [5.74, 6) is 4.17. The number of rotatable bonds is 4. The van der Waals surface area contributed by atoms with Crippen LogP contribution in [-0.4, -0.2) is 5.11 Å². The van der Waals surface area contributed by atoms with E-state index >= 15 is 0 Å². The van der Waals surface area contributed by atoms with Gasteiger partial charge >= 0.3 is 0 Å². The minimum atomic E-state index is 0.390. The lowest BCUT2D eigenvalue weighted by molar-refractivity contribution is 0.156. The largest absolute Gasteiger partial charge is 0.508 e. The third-order valence-electron chi connectivity index (χ3n) is 6.39. The molecule has 3 rings (SSSR count). The summed E-state index contributed by atoms with van der Waals surface area (Å²) >= 11 is 0. The molecule has 122 valence electrons. The Bertz CT molecular complexity index is 433. The van der Waals surface area contributed by atoms with Crippen molar-refractivity contribution >= 4 is 0 Å². The van der Waals surface area contributed by atoms with E-state index in [9.17, 15) is 5.11 Å². The first kappa shape index (κ1) is 15.9. The molecular weight excluding hydrogens is 268 g/mol. The Morgan fingerprint density at radius 2 is 1.36 bits per heavy atom. The van der Waals surface area contributed by atoms with Gasteiger partial charge in [0.2, 0.25) is 0 Å². The Hall–Kier alpha value is -0.980. The van der Waals surface area contributed by atoms with Gasteiger partial charge in [0, 0.05) is 0 Å². The lowest BCUT2D eigenvalue weighted by atomic mass is 9.68. The number of benzene rings is 1. The highest BCUT2D eigenvalue weighted by atomic mass is 16.3. The minimum Gasteiger partial charge on any atom is -0.508 e. The van der Waals surface area contributed by atoms with E-state index in [2.05, 4.69) is 19.1 Å². The molecule has 1 N–H and O–H groups in total. The number of phenolic OH excluding ortho intramolecular Hbond substituents is 1. The van der Waals surface area contributed by atoms with Gasteiger partial charge in [0.15, 0.2) is 0 Å². The van der Waals surface area contributed by atoms with Crippen molar-refractivity contribution in [2.24, 2.45) is 17.8 Å². The van der Waals surface area contributed by atoms with Crippen molar-refractivity contribution in [3.05, 3.63) is 29.8 Å². The fraction of sp³-hybridized carbons (Fsp3) is 0.714. The standard InChI is InChI=1S/C21H32O/c1-2-3-16-4-6-17(7-5-16)18-8-10-19(11-9-18)20-12-14-21(22)15-13-20/h12-19,22H,2-11H2,1H3/t16-,17-,18-,19-. The molecule has 2 fully saturated rings. The second kappa shape index (κ2) is 7.53. The van der Waals surface area contributed by atoms with E-state index in [4.69, 9.17) is 0 Å². The van der Waals surface area contributed by atoms with Crippen molar-refractivity contribution in [2.75, 3.05) is 0 Å². The van der Waals surface area contributed by atoms with Crippen LogP contribution in [0.1, 0.15) is 82.6 Å². The number of aromatic hydroxyl groups is 1. The average Bonchev–Trinajstić information content (AvgIpc) is 2.57. The fourth-order valence-corrected chi connectivity index (χ4v) is 5.03. The van der Waals surface area contributed by atoms with Gasteiger partial charge in [0.25, 0.3) is 0 Å². The van der Waals surface area contributed by atoms with Gasteiger partial charge in [-0.25, -0.2) is 0 Å². The maximum Gasteiger partial charge on any atom is 0.115 e. The predicted molar refractivity (Wildman–Crippen MR) is 93.2 cm³/mol. The topological polar surface area (TPSA) is 20.2 Å². The van der Waals surface area contributed by atoms with Crippen LogP contribution in [0.25, 0.3) is 0 Å². The van der Waals surface area contributed by atoms with E-state index in [0.717, 1.165) is 23.7 Å². The van der Waals surface area contributed by atoms with Gasteiger partial charge in [-0.3, -0.25) is 0 Å². The molecule has 1 nitrogen and oxygen atoms in total. The lowest BCUT2D eigenvalue weighted by Gasteiger charge is -2.38. The van der Waals surface area contributed by atoms with Gasteiger partial charge in [-0.1, -0.05) is 44.7 Å². The van der Waals surface area contributed by atoms with Crippen molar-refractivity contribution in [1.82, 2.24) is 0 Å². The Labute approximate surface area is 136 Å². The Balaban J connectivity index is 1.47. The first-order valence-corrected chi connectivity index (χ1v) is 9.55. The van der Waals surface area contributed by atoms with E-state index in [1.807, 2.05) is 12.1 Å². The zero-order chi connectivity index (χ0) is 15.4. The lowest BCUT2D eigenvalue weighted by Crippen LogP contribution is -2.25. The van der Waals surface area contributed by atoms with Crippen LogP contribution in [-0.2, 0) is 0 Å². The molecule has 0 amide bonds. The van der Waals surface area contributed by atoms with Crippen LogP contribution in [0.3, 0.4) is 0 Å². The highest BCUT2D eigenvalue weighted by Gasteiger charge is 2.30. The van der Waals surface area contributed by atoms with Gasteiger partial charge in [0.05, 0.1) is 0 Å².